The summed E-state index contributed by atoms with van der Waals surface area (Å²) >= 11 is 17.0. The van der Waals surface area contributed by atoms with E-state index in [2.05, 4.69) is 6.07 Å². The molecule has 0 N–H and O–H groups in total. The molecule has 1 fully saturated rings. The van der Waals surface area contributed by atoms with Crippen LogP contribution in [0.4, 0.5) is 0 Å². The van der Waals surface area contributed by atoms with E-state index < -0.39 is 4.87 Å². The number of alkyl halides is 1. The Morgan fingerprint density at radius 1 is 1.50 bits per heavy atom. The third kappa shape index (κ3) is 1.23. The summed E-state index contributed by atoms with van der Waals surface area (Å²) in [5.74, 6) is -0.0540. The van der Waals surface area contributed by atoms with Crippen molar-refractivity contribution in [2.45, 2.75) is 18.7 Å². The highest BCUT2D eigenvalue weighted by Gasteiger charge is 2.70. The Bertz CT molecular complexity index is 273. The van der Waals surface area contributed by atoms with Crippen molar-refractivity contribution in [3.63, 3.8) is 0 Å². The lowest BCUT2D eigenvalue weighted by molar-refractivity contribution is 0.596. The number of nitriles is 1. The fourth-order valence-corrected chi connectivity index (χ4v) is 2.06. The number of hydrogen-bond acceptors (Lipinski definition) is 1. The largest absolute Gasteiger partial charge is 0.196 e. The minimum absolute atomic E-state index is 0.0540. The third-order valence-electron chi connectivity index (χ3n) is 2.52. The Hall–Kier alpha value is 0.1000. The fraction of sp³-hybridized carbons (Fsp3) is 0.625. The second-order valence-corrected chi connectivity index (χ2v) is 5.08. The van der Waals surface area contributed by atoms with Crippen LogP contribution >= 0.6 is 34.8 Å². The summed E-state index contributed by atoms with van der Waals surface area (Å²) in [7, 11) is 0. The summed E-state index contributed by atoms with van der Waals surface area (Å²) in [5, 5.41) is 8.79. The van der Waals surface area contributed by atoms with Crippen molar-refractivity contribution in [2.24, 2.45) is 11.3 Å². The minimum Gasteiger partial charge on any atom is -0.196 e. The summed E-state index contributed by atoms with van der Waals surface area (Å²) in [6.45, 7) is 3.84. The Morgan fingerprint density at radius 3 is 2.25 bits per heavy atom. The SMILES string of the molecule is CC1(C)C(C=C(Cl)Cl)C1(Cl)C#N. The summed E-state index contributed by atoms with van der Waals surface area (Å²) < 4.78 is 0.172. The topological polar surface area (TPSA) is 23.8 Å². The molecule has 0 aliphatic heterocycles. The highest BCUT2D eigenvalue weighted by atomic mass is 35.5. The Balaban J connectivity index is 2.89. The van der Waals surface area contributed by atoms with Gasteiger partial charge in [-0.2, -0.15) is 5.26 Å². The van der Waals surface area contributed by atoms with Gasteiger partial charge in [0, 0.05) is 11.3 Å². The van der Waals surface area contributed by atoms with Gasteiger partial charge in [-0.15, -0.1) is 11.6 Å². The van der Waals surface area contributed by atoms with Crippen molar-refractivity contribution in [3.05, 3.63) is 10.6 Å². The summed E-state index contributed by atoms with van der Waals surface area (Å²) in [5.41, 5.74) is -0.238. The van der Waals surface area contributed by atoms with Gasteiger partial charge in [0.25, 0.3) is 0 Å². The van der Waals surface area contributed by atoms with Crippen molar-refractivity contribution in [3.8, 4) is 6.07 Å². The molecule has 0 heterocycles. The van der Waals surface area contributed by atoms with Gasteiger partial charge in [-0.25, -0.2) is 0 Å². The van der Waals surface area contributed by atoms with Crippen molar-refractivity contribution < 1.29 is 0 Å². The number of nitrogens with zero attached hydrogens (tertiary/aromatic N) is 1. The van der Waals surface area contributed by atoms with E-state index in [1.54, 1.807) is 6.08 Å². The zero-order valence-corrected chi connectivity index (χ0v) is 9.00. The zero-order valence-electron chi connectivity index (χ0n) is 6.74. The molecule has 4 heteroatoms. The molecule has 66 valence electrons. The van der Waals surface area contributed by atoms with Crippen LogP contribution in [0.2, 0.25) is 0 Å². The first-order chi connectivity index (χ1) is 5.36. The first kappa shape index (κ1) is 10.2. The molecule has 0 aromatic heterocycles. The summed E-state index contributed by atoms with van der Waals surface area (Å²) in [6, 6.07) is 2.06. The smallest absolute Gasteiger partial charge is 0.143 e. The lowest BCUT2D eigenvalue weighted by atomic mass is 10.1. The van der Waals surface area contributed by atoms with Crippen molar-refractivity contribution in [1.82, 2.24) is 0 Å². The molecule has 0 aromatic rings. The van der Waals surface area contributed by atoms with E-state index >= 15 is 0 Å². The maximum Gasteiger partial charge on any atom is 0.143 e. The van der Waals surface area contributed by atoms with Gasteiger partial charge >= 0.3 is 0 Å². The van der Waals surface area contributed by atoms with Crippen LogP contribution in [0, 0.1) is 22.7 Å². The maximum atomic E-state index is 8.79. The molecule has 1 aliphatic carbocycles. The average Bonchev–Trinajstić information content (AvgIpc) is 2.35. The van der Waals surface area contributed by atoms with Gasteiger partial charge in [0.15, 0.2) is 0 Å². The monoisotopic (exact) mass is 223 g/mol. The molecule has 2 unspecified atom stereocenters. The molecule has 1 rings (SSSR count). The molecule has 1 nitrogen and oxygen atoms in total. The molecular weight excluding hydrogens is 216 g/mol. The van der Waals surface area contributed by atoms with Gasteiger partial charge in [-0.1, -0.05) is 37.0 Å². The summed E-state index contributed by atoms with van der Waals surface area (Å²) in [6.07, 6.45) is 1.62. The molecule has 0 bridgehead atoms. The Labute approximate surface area is 86.9 Å². The van der Waals surface area contributed by atoms with E-state index in [0.29, 0.717) is 0 Å². The van der Waals surface area contributed by atoms with Gasteiger partial charge in [-0.3, -0.25) is 0 Å². The van der Waals surface area contributed by atoms with Crippen LogP contribution in [0.3, 0.4) is 0 Å². The van der Waals surface area contributed by atoms with Crippen LogP contribution in [0.15, 0.2) is 10.6 Å². The first-order valence-corrected chi connectivity index (χ1v) is 4.62. The molecule has 12 heavy (non-hydrogen) atoms. The van der Waals surface area contributed by atoms with E-state index in [0.717, 1.165) is 0 Å². The molecule has 2 atom stereocenters. The molecule has 0 amide bonds. The number of allylic oxidation sites excluding steroid dienone is 1. The van der Waals surface area contributed by atoms with Crippen molar-refractivity contribution in [2.75, 3.05) is 0 Å². The highest BCUT2D eigenvalue weighted by Crippen LogP contribution is 2.66. The molecule has 1 saturated carbocycles. The van der Waals surface area contributed by atoms with Gasteiger partial charge < -0.3 is 0 Å². The quantitative estimate of drug-likeness (QED) is 0.626. The van der Waals surface area contributed by atoms with Crippen LogP contribution in [0.1, 0.15) is 13.8 Å². The third-order valence-corrected chi connectivity index (χ3v) is 3.57. The van der Waals surface area contributed by atoms with Gasteiger partial charge in [0.2, 0.25) is 0 Å². The van der Waals surface area contributed by atoms with Crippen molar-refractivity contribution in [1.29, 1.82) is 5.26 Å². The second-order valence-electron chi connectivity index (χ2n) is 3.48. The van der Waals surface area contributed by atoms with Crippen LogP contribution in [0.5, 0.6) is 0 Å². The predicted octanol–water partition coefficient (Wildman–Crippen LogP) is 3.46. The van der Waals surface area contributed by atoms with Gasteiger partial charge in [-0.05, 0) is 6.08 Å². The number of rotatable bonds is 1. The number of hydrogen-bond donors (Lipinski definition) is 0. The normalized spacial score (nSPS) is 36.8. The van der Waals surface area contributed by atoms with Crippen molar-refractivity contribution >= 4 is 34.8 Å². The second kappa shape index (κ2) is 2.80. The zero-order chi connectivity index (χ0) is 9.57. The Morgan fingerprint density at radius 2 is 2.00 bits per heavy atom. The molecule has 1 aliphatic rings. The van der Waals surface area contributed by atoms with E-state index in [1.165, 1.54) is 0 Å². The van der Waals surface area contributed by atoms with Gasteiger partial charge in [0.05, 0.1) is 6.07 Å². The molecule has 0 saturated heterocycles. The van der Waals surface area contributed by atoms with Crippen LogP contribution in [-0.2, 0) is 0 Å². The number of halogens is 3. The fourth-order valence-electron chi connectivity index (χ4n) is 1.41. The van der Waals surface area contributed by atoms with Gasteiger partial charge in [0.1, 0.15) is 9.37 Å². The van der Waals surface area contributed by atoms with Crippen LogP contribution in [0.25, 0.3) is 0 Å². The standard InChI is InChI=1S/C8H8Cl3N/c1-7(2)5(3-6(9)10)8(7,11)4-12/h3,5H,1-2H3. The molecular formula is C8H8Cl3N. The van der Waals surface area contributed by atoms with E-state index in [1.807, 2.05) is 13.8 Å². The maximum absolute atomic E-state index is 8.79. The highest BCUT2D eigenvalue weighted by molar-refractivity contribution is 6.56. The minimum atomic E-state index is -0.831. The average molecular weight is 225 g/mol. The molecule has 0 spiro atoms. The molecule has 0 aromatic carbocycles. The van der Waals surface area contributed by atoms with E-state index in [4.69, 9.17) is 40.1 Å². The lowest BCUT2D eigenvalue weighted by Crippen LogP contribution is -2.03. The lowest BCUT2D eigenvalue weighted by Gasteiger charge is -1.98. The summed E-state index contributed by atoms with van der Waals surface area (Å²) in [4.78, 5) is -0.831. The Kier molecular flexibility index (Phi) is 2.38. The predicted molar refractivity (Wildman–Crippen MR) is 51.3 cm³/mol. The van der Waals surface area contributed by atoms with Crippen LogP contribution in [-0.4, -0.2) is 4.87 Å². The first-order valence-electron chi connectivity index (χ1n) is 3.49. The molecule has 0 radical (unpaired) electrons. The van der Waals surface area contributed by atoms with Crippen LogP contribution < -0.4 is 0 Å². The van der Waals surface area contributed by atoms with E-state index in [-0.39, 0.29) is 15.8 Å². The van der Waals surface area contributed by atoms with E-state index in [9.17, 15) is 0 Å².